The maximum absolute atomic E-state index is 13.0. The first-order valence-corrected chi connectivity index (χ1v) is 7.07. The second-order valence-electron chi connectivity index (χ2n) is 4.57. The number of benzene rings is 1. The average molecular weight is 297 g/mol. The topological polar surface area (TPSA) is 54.9 Å². The lowest BCUT2D eigenvalue weighted by Gasteiger charge is -2.17. The molecule has 0 aliphatic carbocycles. The first-order chi connectivity index (χ1) is 10.2. The highest BCUT2D eigenvalue weighted by atomic mass is 19.1. The van der Waals surface area contributed by atoms with Crippen molar-refractivity contribution in [2.24, 2.45) is 4.99 Å². The Hall–Kier alpha value is -1.82. The predicted molar refractivity (Wildman–Crippen MR) is 82.3 cm³/mol. The number of hydrogen-bond acceptors (Lipinski definition) is 3. The molecule has 1 rings (SSSR count). The van der Waals surface area contributed by atoms with Crippen LogP contribution >= 0.6 is 0 Å². The number of nitrogens with zero attached hydrogens (tertiary/aromatic N) is 1. The van der Waals surface area contributed by atoms with E-state index in [4.69, 9.17) is 9.47 Å². The number of rotatable bonds is 8. The minimum absolute atomic E-state index is 0.164. The van der Waals surface area contributed by atoms with Crippen LogP contribution in [-0.2, 0) is 4.74 Å². The fourth-order valence-corrected chi connectivity index (χ4v) is 1.72. The third-order valence-electron chi connectivity index (χ3n) is 2.57. The number of nitrogens with one attached hydrogen (secondary N) is 2. The van der Waals surface area contributed by atoms with Gasteiger partial charge in [-0.3, -0.25) is 0 Å². The smallest absolute Gasteiger partial charge is 0.191 e. The van der Waals surface area contributed by atoms with Crippen molar-refractivity contribution in [3.63, 3.8) is 0 Å². The third kappa shape index (κ3) is 7.51. The van der Waals surface area contributed by atoms with Gasteiger partial charge in [-0.05, 0) is 26.0 Å². The molecule has 0 fully saturated rings. The molecule has 0 radical (unpaired) electrons. The molecule has 1 atom stereocenters. The minimum Gasteiger partial charge on any atom is -0.492 e. The Kier molecular flexibility index (Phi) is 8.19. The molecule has 0 aliphatic heterocycles. The molecule has 21 heavy (non-hydrogen) atoms. The molecule has 0 aliphatic rings. The van der Waals surface area contributed by atoms with Crippen molar-refractivity contribution >= 4 is 5.96 Å². The number of halogens is 1. The van der Waals surface area contributed by atoms with Gasteiger partial charge in [-0.15, -0.1) is 0 Å². The van der Waals surface area contributed by atoms with Crippen LogP contribution in [0.25, 0.3) is 0 Å². The van der Waals surface area contributed by atoms with E-state index in [-0.39, 0.29) is 11.9 Å². The van der Waals surface area contributed by atoms with Crippen molar-refractivity contribution in [2.45, 2.75) is 19.9 Å². The van der Waals surface area contributed by atoms with Gasteiger partial charge in [0, 0.05) is 25.8 Å². The largest absolute Gasteiger partial charge is 0.492 e. The Bertz CT molecular complexity index is 441. The molecule has 1 aromatic rings. The molecule has 1 unspecified atom stereocenters. The van der Waals surface area contributed by atoms with Gasteiger partial charge in [0.15, 0.2) is 5.96 Å². The molecular weight excluding hydrogens is 273 g/mol. The molecule has 0 heterocycles. The Morgan fingerprint density at radius 2 is 2.24 bits per heavy atom. The Labute approximate surface area is 125 Å². The minimum atomic E-state index is -0.306. The van der Waals surface area contributed by atoms with E-state index in [1.807, 2.05) is 13.8 Å². The van der Waals surface area contributed by atoms with Crippen LogP contribution in [0.15, 0.2) is 29.3 Å². The molecule has 0 aromatic heterocycles. The summed E-state index contributed by atoms with van der Waals surface area (Å²) in [7, 11) is 1.66. The molecule has 1 aromatic carbocycles. The lowest BCUT2D eigenvalue weighted by atomic mass is 10.3. The summed E-state index contributed by atoms with van der Waals surface area (Å²) in [5.41, 5.74) is 0. The Balaban J connectivity index is 2.39. The van der Waals surface area contributed by atoms with Crippen LogP contribution in [0.1, 0.15) is 13.8 Å². The van der Waals surface area contributed by atoms with Crippen LogP contribution in [0.5, 0.6) is 5.75 Å². The van der Waals surface area contributed by atoms with Gasteiger partial charge >= 0.3 is 0 Å². The fourth-order valence-electron chi connectivity index (χ4n) is 1.72. The molecule has 118 valence electrons. The van der Waals surface area contributed by atoms with Crippen LogP contribution < -0.4 is 15.4 Å². The van der Waals surface area contributed by atoms with Crippen molar-refractivity contribution in [1.82, 2.24) is 10.6 Å². The van der Waals surface area contributed by atoms with E-state index in [0.29, 0.717) is 31.5 Å². The zero-order valence-electron chi connectivity index (χ0n) is 12.9. The van der Waals surface area contributed by atoms with E-state index < -0.39 is 0 Å². The van der Waals surface area contributed by atoms with Crippen molar-refractivity contribution in [3.05, 3.63) is 30.1 Å². The summed E-state index contributed by atoms with van der Waals surface area (Å²) in [6.07, 6.45) is 0. The first-order valence-electron chi connectivity index (χ1n) is 7.07. The molecule has 2 N–H and O–H groups in total. The SMILES string of the molecule is CCNC(=NCCOc1cccc(F)c1)NC(C)COC. The average Bonchev–Trinajstić information content (AvgIpc) is 2.44. The number of guanidine groups is 1. The molecule has 6 heteroatoms. The molecule has 5 nitrogen and oxygen atoms in total. The maximum Gasteiger partial charge on any atom is 0.191 e. The second kappa shape index (κ2) is 9.99. The molecule has 0 saturated carbocycles. The summed E-state index contributed by atoms with van der Waals surface area (Å²) >= 11 is 0. The monoisotopic (exact) mass is 297 g/mol. The van der Waals surface area contributed by atoms with Crippen LogP contribution in [0.2, 0.25) is 0 Å². The maximum atomic E-state index is 13.0. The zero-order chi connectivity index (χ0) is 15.5. The number of aliphatic imine (C=N–C) groups is 1. The number of ether oxygens (including phenoxy) is 2. The highest BCUT2D eigenvalue weighted by Crippen LogP contribution is 2.11. The zero-order valence-corrected chi connectivity index (χ0v) is 12.9. The van der Waals surface area contributed by atoms with E-state index in [2.05, 4.69) is 15.6 Å². The second-order valence-corrected chi connectivity index (χ2v) is 4.57. The molecular formula is C15H24FN3O2. The quantitative estimate of drug-likeness (QED) is 0.436. The third-order valence-corrected chi connectivity index (χ3v) is 2.57. The lowest BCUT2D eigenvalue weighted by Crippen LogP contribution is -2.44. The van der Waals surface area contributed by atoms with E-state index in [1.165, 1.54) is 12.1 Å². The van der Waals surface area contributed by atoms with E-state index in [0.717, 1.165) is 6.54 Å². The van der Waals surface area contributed by atoms with Gasteiger partial charge in [-0.1, -0.05) is 6.07 Å². The molecule has 0 saturated heterocycles. The van der Waals surface area contributed by atoms with Crippen LogP contribution in [0, 0.1) is 5.82 Å². The van der Waals surface area contributed by atoms with Gasteiger partial charge in [-0.2, -0.15) is 0 Å². The summed E-state index contributed by atoms with van der Waals surface area (Å²) in [4.78, 5) is 4.39. The normalized spacial score (nSPS) is 12.9. The van der Waals surface area contributed by atoms with Gasteiger partial charge in [-0.25, -0.2) is 9.38 Å². The van der Waals surface area contributed by atoms with Crippen molar-refractivity contribution in [3.8, 4) is 5.75 Å². The molecule has 0 amide bonds. The summed E-state index contributed by atoms with van der Waals surface area (Å²) in [6, 6.07) is 6.24. The molecule has 0 bridgehead atoms. The van der Waals surface area contributed by atoms with Gasteiger partial charge in [0.1, 0.15) is 18.2 Å². The van der Waals surface area contributed by atoms with E-state index in [1.54, 1.807) is 19.2 Å². The van der Waals surface area contributed by atoms with Crippen LogP contribution in [-0.4, -0.2) is 45.4 Å². The van der Waals surface area contributed by atoms with Crippen molar-refractivity contribution in [2.75, 3.05) is 33.4 Å². The van der Waals surface area contributed by atoms with Crippen LogP contribution in [0.3, 0.4) is 0 Å². The standard InChI is InChI=1S/C15H24FN3O2/c1-4-17-15(19-12(2)11-20-3)18-8-9-21-14-7-5-6-13(16)10-14/h5-7,10,12H,4,8-9,11H2,1-3H3,(H2,17,18,19). The fraction of sp³-hybridized carbons (Fsp3) is 0.533. The number of hydrogen-bond donors (Lipinski definition) is 2. The Morgan fingerprint density at radius 3 is 2.90 bits per heavy atom. The summed E-state index contributed by atoms with van der Waals surface area (Å²) in [6.45, 7) is 6.26. The van der Waals surface area contributed by atoms with Crippen LogP contribution in [0.4, 0.5) is 4.39 Å². The van der Waals surface area contributed by atoms with E-state index >= 15 is 0 Å². The van der Waals surface area contributed by atoms with Gasteiger partial charge in [0.25, 0.3) is 0 Å². The molecule has 0 spiro atoms. The lowest BCUT2D eigenvalue weighted by molar-refractivity contribution is 0.179. The summed E-state index contributed by atoms with van der Waals surface area (Å²) in [5.74, 6) is 0.917. The van der Waals surface area contributed by atoms with Crippen molar-refractivity contribution < 1.29 is 13.9 Å². The summed E-state index contributed by atoms with van der Waals surface area (Å²) < 4.78 is 23.5. The van der Waals surface area contributed by atoms with Gasteiger partial charge < -0.3 is 20.1 Å². The highest BCUT2D eigenvalue weighted by molar-refractivity contribution is 5.80. The number of methoxy groups -OCH3 is 1. The highest BCUT2D eigenvalue weighted by Gasteiger charge is 2.04. The van der Waals surface area contributed by atoms with E-state index in [9.17, 15) is 4.39 Å². The Morgan fingerprint density at radius 1 is 1.43 bits per heavy atom. The van der Waals surface area contributed by atoms with Gasteiger partial charge in [0.05, 0.1) is 13.2 Å². The van der Waals surface area contributed by atoms with Gasteiger partial charge in [0.2, 0.25) is 0 Å². The summed E-state index contributed by atoms with van der Waals surface area (Å²) in [5, 5.41) is 6.37. The van der Waals surface area contributed by atoms with Crippen molar-refractivity contribution in [1.29, 1.82) is 0 Å². The predicted octanol–water partition coefficient (Wildman–Crippen LogP) is 1.79. The first kappa shape index (κ1) is 17.2.